The Morgan fingerprint density at radius 1 is 1.53 bits per heavy atom. The fraction of sp³-hybridized carbons (Fsp3) is 0.250. The SMILES string of the molecule is CCOCOc1ccc(/C=C/C(=O)O)cc1F. The maximum atomic E-state index is 13.4. The molecule has 0 atom stereocenters. The van der Waals surface area contributed by atoms with Gasteiger partial charge in [-0.2, -0.15) is 0 Å². The van der Waals surface area contributed by atoms with Crippen LogP contribution in [0.1, 0.15) is 12.5 Å². The van der Waals surface area contributed by atoms with Crippen LogP contribution < -0.4 is 4.74 Å². The number of carboxylic acids is 1. The van der Waals surface area contributed by atoms with Crippen LogP contribution in [0.15, 0.2) is 24.3 Å². The van der Waals surface area contributed by atoms with Crippen LogP contribution in [0.5, 0.6) is 5.75 Å². The topological polar surface area (TPSA) is 55.8 Å². The Hall–Kier alpha value is -1.88. The second kappa shape index (κ2) is 6.65. The maximum absolute atomic E-state index is 13.4. The van der Waals surface area contributed by atoms with Gasteiger partial charge in [-0.1, -0.05) is 6.07 Å². The highest BCUT2D eigenvalue weighted by Gasteiger charge is 2.03. The van der Waals surface area contributed by atoms with Crippen molar-refractivity contribution in [1.29, 1.82) is 0 Å². The minimum atomic E-state index is -1.08. The third-order valence-electron chi connectivity index (χ3n) is 1.88. The molecule has 0 fully saturated rings. The third-order valence-corrected chi connectivity index (χ3v) is 1.88. The molecule has 92 valence electrons. The van der Waals surface area contributed by atoms with Crippen molar-refractivity contribution < 1.29 is 23.8 Å². The summed E-state index contributed by atoms with van der Waals surface area (Å²) in [6.45, 7) is 2.28. The van der Waals surface area contributed by atoms with Gasteiger partial charge in [-0.05, 0) is 30.7 Å². The molecule has 0 aliphatic rings. The normalized spacial score (nSPS) is 10.7. The molecule has 1 aromatic carbocycles. The zero-order chi connectivity index (χ0) is 12.7. The van der Waals surface area contributed by atoms with Gasteiger partial charge in [-0.25, -0.2) is 9.18 Å². The molecule has 1 aromatic rings. The lowest BCUT2D eigenvalue weighted by molar-refractivity contribution is -0.131. The number of hydrogen-bond acceptors (Lipinski definition) is 3. The van der Waals surface area contributed by atoms with Gasteiger partial charge in [0.2, 0.25) is 0 Å². The third kappa shape index (κ3) is 4.65. The van der Waals surface area contributed by atoms with Crippen LogP contribution in [-0.2, 0) is 9.53 Å². The van der Waals surface area contributed by atoms with Crippen molar-refractivity contribution in [2.75, 3.05) is 13.4 Å². The van der Waals surface area contributed by atoms with E-state index in [1.807, 2.05) is 0 Å². The van der Waals surface area contributed by atoms with Crippen LogP contribution in [-0.4, -0.2) is 24.5 Å². The average Bonchev–Trinajstić information content (AvgIpc) is 2.29. The molecule has 0 aliphatic heterocycles. The molecule has 0 radical (unpaired) electrons. The van der Waals surface area contributed by atoms with E-state index in [9.17, 15) is 9.18 Å². The molecule has 0 aromatic heterocycles. The number of halogens is 1. The summed E-state index contributed by atoms with van der Waals surface area (Å²) in [5.41, 5.74) is 0.452. The molecule has 0 saturated heterocycles. The lowest BCUT2D eigenvalue weighted by atomic mass is 10.2. The number of benzene rings is 1. The molecular formula is C12H13FO4. The number of ether oxygens (including phenoxy) is 2. The summed E-state index contributed by atoms with van der Waals surface area (Å²) in [5, 5.41) is 8.42. The van der Waals surface area contributed by atoms with Crippen molar-refractivity contribution in [3.8, 4) is 5.75 Å². The van der Waals surface area contributed by atoms with Gasteiger partial charge in [-0.15, -0.1) is 0 Å². The predicted molar refractivity (Wildman–Crippen MR) is 60.2 cm³/mol. The largest absolute Gasteiger partial charge is 0.478 e. The van der Waals surface area contributed by atoms with Gasteiger partial charge in [0.05, 0.1) is 0 Å². The van der Waals surface area contributed by atoms with Gasteiger partial charge in [0.1, 0.15) is 0 Å². The molecule has 0 spiro atoms. The fourth-order valence-electron chi connectivity index (χ4n) is 1.09. The Balaban J connectivity index is 2.69. The van der Waals surface area contributed by atoms with E-state index < -0.39 is 11.8 Å². The zero-order valence-corrected chi connectivity index (χ0v) is 9.35. The Morgan fingerprint density at radius 2 is 2.29 bits per heavy atom. The van der Waals surface area contributed by atoms with E-state index in [0.29, 0.717) is 12.2 Å². The lowest BCUT2D eigenvalue weighted by Crippen LogP contribution is -2.03. The van der Waals surface area contributed by atoms with Crippen molar-refractivity contribution in [2.45, 2.75) is 6.92 Å². The minimum absolute atomic E-state index is 0.0161. The smallest absolute Gasteiger partial charge is 0.328 e. The van der Waals surface area contributed by atoms with E-state index in [0.717, 1.165) is 6.08 Å². The molecular weight excluding hydrogens is 227 g/mol. The average molecular weight is 240 g/mol. The van der Waals surface area contributed by atoms with E-state index in [2.05, 4.69) is 0 Å². The molecule has 4 nitrogen and oxygen atoms in total. The van der Waals surface area contributed by atoms with Gasteiger partial charge < -0.3 is 14.6 Å². The highest BCUT2D eigenvalue weighted by atomic mass is 19.1. The number of aliphatic carboxylic acids is 1. The summed E-state index contributed by atoms with van der Waals surface area (Å²) in [4.78, 5) is 10.3. The molecule has 5 heteroatoms. The monoisotopic (exact) mass is 240 g/mol. The number of carbonyl (C=O) groups is 1. The van der Waals surface area contributed by atoms with Crippen LogP contribution >= 0.6 is 0 Å². The molecule has 0 unspecified atom stereocenters. The quantitative estimate of drug-likeness (QED) is 0.471. The van der Waals surface area contributed by atoms with Crippen LogP contribution in [0.2, 0.25) is 0 Å². The standard InChI is InChI=1S/C12H13FO4/c1-2-16-8-17-11-5-3-9(7-10(11)13)4-6-12(14)15/h3-7H,2,8H2,1H3,(H,14,15)/b6-4+. The Morgan fingerprint density at radius 3 is 2.88 bits per heavy atom. The first-order valence-corrected chi connectivity index (χ1v) is 5.04. The van der Waals surface area contributed by atoms with Crippen molar-refractivity contribution in [3.05, 3.63) is 35.7 Å². The summed E-state index contributed by atoms with van der Waals surface area (Å²) >= 11 is 0. The Kier molecular flexibility index (Phi) is 5.16. The second-order valence-electron chi connectivity index (χ2n) is 3.12. The predicted octanol–water partition coefficient (Wildman–Crippen LogP) is 2.30. The molecule has 0 heterocycles. The van der Waals surface area contributed by atoms with Gasteiger partial charge >= 0.3 is 5.97 Å². The lowest BCUT2D eigenvalue weighted by Gasteiger charge is -2.07. The van der Waals surface area contributed by atoms with Crippen LogP contribution in [0, 0.1) is 5.82 Å². The first kappa shape index (κ1) is 13.2. The summed E-state index contributed by atoms with van der Waals surface area (Å²) in [6, 6.07) is 4.18. The van der Waals surface area contributed by atoms with E-state index >= 15 is 0 Å². The van der Waals surface area contributed by atoms with Crippen LogP contribution in [0.3, 0.4) is 0 Å². The summed E-state index contributed by atoms with van der Waals surface area (Å²) in [6.07, 6.45) is 2.24. The molecule has 0 aliphatic carbocycles. The van der Waals surface area contributed by atoms with Gasteiger partial charge in [0.25, 0.3) is 0 Å². The fourth-order valence-corrected chi connectivity index (χ4v) is 1.09. The molecule has 0 amide bonds. The first-order chi connectivity index (χ1) is 8.13. The van der Waals surface area contributed by atoms with Crippen molar-refractivity contribution in [3.63, 3.8) is 0 Å². The van der Waals surface area contributed by atoms with Crippen LogP contribution in [0.25, 0.3) is 6.08 Å². The van der Waals surface area contributed by atoms with Crippen molar-refractivity contribution in [2.24, 2.45) is 0 Å². The van der Waals surface area contributed by atoms with Crippen molar-refractivity contribution in [1.82, 2.24) is 0 Å². The molecule has 1 N–H and O–H groups in total. The van der Waals surface area contributed by atoms with E-state index in [1.165, 1.54) is 18.2 Å². The number of carboxylic acid groups (broad SMARTS) is 1. The first-order valence-electron chi connectivity index (χ1n) is 5.04. The van der Waals surface area contributed by atoms with Gasteiger partial charge in [-0.3, -0.25) is 0 Å². The van der Waals surface area contributed by atoms with E-state index in [1.54, 1.807) is 13.0 Å². The number of hydrogen-bond donors (Lipinski definition) is 1. The highest BCUT2D eigenvalue weighted by Crippen LogP contribution is 2.19. The van der Waals surface area contributed by atoms with E-state index in [4.69, 9.17) is 14.6 Å². The van der Waals surface area contributed by atoms with Gasteiger partial charge in [0.15, 0.2) is 18.4 Å². The molecule has 0 saturated carbocycles. The molecule has 1 rings (SSSR count). The van der Waals surface area contributed by atoms with Crippen LogP contribution in [0.4, 0.5) is 4.39 Å². The van der Waals surface area contributed by atoms with Crippen molar-refractivity contribution >= 4 is 12.0 Å². The Bertz CT molecular complexity index is 415. The summed E-state index contributed by atoms with van der Waals surface area (Å²) in [7, 11) is 0. The molecule has 17 heavy (non-hydrogen) atoms. The Labute approximate surface area is 98.3 Å². The van der Waals surface area contributed by atoms with Gasteiger partial charge in [0, 0.05) is 12.7 Å². The number of rotatable bonds is 6. The highest BCUT2D eigenvalue weighted by molar-refractivity contribution is 5.85. The minimum Gasteiger partial charge on any atom is -0.478 e. The maximum Gasteiger partial charge on any atom is 0.328 e. The molecule has 0 bridgehead atoms. The zero-order valence-electron chi connectivity index (χ0n) is 9.35. The van der Waals surface area contributed by atoms with E-state index in [-0.39, 0.29) is 12.5 Å². The summed E-state index contributed by atoms with van der Waals surface area (Å²) in [5.74, 6) is -1.56. The summed E-state index contributed by atoms with van der Waals surface area (Å²) < 4.78 is 23.4. The second-order valence-corrected chi connectivity index (χ2v) is 3.12.